The van der Waals surface area contributed by atoms with Crippen LogP contribution in [0.4, 0.5) is 5.69 Å². The van der Waals surface area contributed by atoms with Gasteiger partial charge in [-0.2, -0.15) is 0 Å². The van der Waals surface area contributed by atoms with Gasteiger partial charge in [-0.25, -0.2) is 0 Å². The third-order valence-electron chi connectivity index (χ3n) is 2.82. The van der Waals surface area contributed by atoms with E-state index in [1.807, 2.05) is 6.07 Å². The lowest BCUT2D eigenvalue weighted by atomic mass is 9.95. The molecule has 1 heterocycles. The summed E-state index contributed by atoms with van der Waals surface area (Å²) in [7, 11) is 1.69. The molecule has 0 aliphatic carbocycles. The molecule has 0 fully saturated rings. The molecular formula is C11H16N2O. The summed E-state index contributed by atoms with van der Waals surface area (Å²) >= 11 is 0. The molecule has 1 aromatic carbocycles. The molecule has 76 valence electrons. The average Bonchev–Trinajstić information content (AvgIpc) is 2.20. The SMILES string of the molecule is COc1ccc2c(c1C)NCCC2N. The number of rotatable bonds is 1. The first-order valence-corrected chi connectivity index (χ1v) is 4.91. The molecule has 1 aliphatic heterocycles. The Labute approximate surface area is 84.3 Å². The molecule has 3 nitrogen and oxygen atoms in total. The summed E-state index contributed by atoms with van der Waals surface area (Å²) in [6.45, 7) is 3.00. The summed E-state index contributed by atoms with van der Waals surface area (Å²) in [5, 5.41) is 3.38. The lowest BCUT2D eigenvalue weighted by Gasteiger charge is -2.26. The molecule has 0 radical (unpaired) electrons. The topological polar surface area (TPSA) is 47.3 Å². The molecule has 0 aromatic heterocycles. The van der Waals surface area contributed by atoms with Gasteiger partial charge in [0.25, 0.3) is 0 Å². The lowest BCUT2D eigenvalue weighted by molar-refractivity contribution is 0.411. The zero-order valence-electron chi connectivity index (χ0n) is 8.63. The Kier molecular flexibility index (Phi) is 2.33. The quantitative estimate of drug-likeness (QED) is 0.713. The molecule has 2 rings (SSSR count). The van der Waals surface area contributed by atoms with Crippen molar-refractivity contribution in [2.24, 2.45) is 5.73 Å². The van der Waals surface area contributed by atoms with Crippen molar-refractivity contribution in [3.63, 3.8) is 0 Å². The standard InChI is InChI=1S/C11H16N2O/c1-7-10(14-2)4-3-8-9(12)5-6-13-11(7)8/h3-4,9,13H,5-6,12H2,1-2H3. The van der Waals surface area contributed by atoms with Crippen LogP contribution in [0.5, 0.6) is 5.75 Å². The van der Waals surface area contributed by atoms with E-state index in [4.69, 9.17) is 10.5 Å². The van der Waals surface area contributed by atoms with Crippen LogP contribution in [0.3, 0.4) is 0 Å². The highest BCUT2D eigenvalue weighted by Crippen LogP contribution is 2.35. The highest BCUT2D eigenvalue weighted by molar-refractivity contribution is 5.64. The molecule has 0 bridgehead atoms. The molecule has 0 spiro atoms. The van der Waals surface area contributed by atoms with Gasteiger partial charge in [0.05, 0.1) is 7.11 Å². The number of hydrogen-bond acceptors (Lipinski definition) is 3. The first-order valence-electron chi connectivity index (χ1n) is 4.91. The van der Waals surface area contributed by atoms with Crippen molar-refractivity contribution in [1.29, 1.82) is 0 Å². The van der Waals surface area contributed by atoms with Crippen molar-refractivity contribution in [3.05, 3.63) is 23.3 Å². The molecular weight excluding hydrogens is 176 g/mol. The summed E-state index contributed by atoms with van der Waals surface area (Å²) in [5.41, 5.74) is 9.54. The van der Waals surface area contributed by atoms with E-state index in [-0.39, 0.29) is 6.04 Å². The fraction of sp³-hybridized carbons (Fsp3) is 0.455. The van der Waals surface area contributed by atoms with Gasteiger partial charge in [0.15, 0.2) is 0 Å². The first kappa shape index (κ1) is 9.34. The Hall–Kier alpha value is -1.22. The number of hydrogen-bond donors (Lipinski definition) is 2. The molecule has 14 heavy (non-hydrogen) atoms. The van der Waals surface area contributed by atoms with Crippen molar-refractivity contribution in [2.45, 2.75) is 19.4 Å². The lowest BCUT2D eigenvalue weighted by Crippen LogP contribution is -2.23. The number of methoxy groups -OCH3 is 1. The monoisotopic (exact) mass is 192 g/mol. The van der Waals surface area contributed by atoms with Gasteiger partial charge in [-0.1, -0.05) is 6.07 Å². The molecule has 3 N–H and O–H groups in total. The molecule has 1 atom stereocenters. The average molecular weight is 192 g/mol. The van der Waals surface area contributed by atoms with E-state index >= 15 is 0 Å². The van der Waals surface area contributed by atoms with Gasteiger partial charge >= 0.3 is 0 Å². The second-order valence-corrected chi connectivity index (χ2v) is 3.68. The molecule has 1 unspecified atom stereocenters. The van der Waals surface area contributed by atoms with Crippen molar-refractivity contribution in [1.82, 2.24) is 0 Å². The molecule has 3 heteroatoms. The van der Waals surface area contributed by atoms with Crippen LogP contribution in [0.15, 0.2) is 12.1 Å². The van der Waals surface area contributed by atoms with E-state index in [1.54, 1.807) is 7.11 Å². The summed E-state index contributed by atoms with van der Waals surface area (Å²) < 4.78 is 5.27. The van der Waals surface area contributed by atoms with E-state index in [2.05, 4.69) is 18.3 Å². The second kappa shape index (κ2) is 3.50. The minimum Gasteiger partial charge on any atom is -0.496 e. The van der Waals surface area contributed by atoms with Crippen LogP contribution in [0.25, 0.3) is 0 Å². The van der Waals surface area contributed by atoms with E-state index in [0.29, 0.717) is 0 Å². The van der Waals surface area contributed by atoms with Crippen LogP contribution < -0.4 is 15.8 Å². The van der Waals surface area contributed by atoms with Gasteiger partial charge in [-0.3, -0.25) is 0 Å². The van der Waals surface area contributed by atoms with Crippen LogP contribution in [0.1, 0.15) is 23.6 Å². The smallest absolute Gasteiger partial charge is 0.123 e. The third kappa shape index (κ3) is 1.34. The van der Waals surface area contributed by atoms with E-state index in [9.17, 15) is 0 Å². The van der Waals surface area contributed by atoms with Crippen molar-refractivity contribution in [3.8, 4) is 5.75 Å². The number of ether oxygens (including phenoxy) is 1. The maximum atomic E-state index is 6.03. The fourth-order valence-corrected chi connectivity index (χ4v) is 1.99. The van der Waals surface area contributed by atoms with Crippen LogP contribution in [-0.2, 0) is 0 Å². The van der Waals surface area contributed by atoms with E-state index < -0.39 is 0 Å². The highest BCUT2D eigenvalue weighted by Gasteiger charge is 2.19. The van der Waals surface area contributed by atoms with Crippen molar-refractivity contribution < 1.29 is 4.74 Å². The van der Waals surface area contributed by atoms with Crippen molar-refractivity contribution in [2.75, 3.05) is 19.0 Å². The maximum absolute atomic E-state index is 6.03. The number of nitrogens with one attached hydrogen (secondary N) is 1. The van der Waals surface area contributed by atoms with Gasteiger partial charge in [-0.15, -0.1) is 0 Å². The number of anilines is 1. The van der Waals surface area contributed by atoms with Gasteiger partial charge < -0.3 is 15.8 Å². The minimum absolute atomic E-state index is 0.163. The van der Waals surface area contributed by atoms with Crippen LogP contribution in [0, 0.1) is 6.92 Å². The Balaban J connectivity index is 2.52. The predicted molar refractivity (Wildman–Crippen MR) is 57.8 cm³/mol. The Morgan fingerprint density at radius 2 is 2.29 bits per heavy atom. The third-order valence-corrected chi connectivity index (χ3v) is 2.82. The van der Waals surface area contributed by atoms with Crippen molar-refractivity contribution >= 4 is 5.69 Å². The van der Waals surface area contributed by atoms with Crippen LogP contribution in [-0.4, -0.2) is 13.7 Å². The molecule has 0 amide bonds. The van der Waals surface area contributed by atoms with Gasteiger partial charge in [0.2, 0.25) is 0 Å². The van der Waals surface area contributed by atoms with Gasteiger partial charge in [0.1, 0.15) is 5.75 Å². The minimum atomic E-state index is 0.163. The molecule has 0 saturated carbocycles. The van der Waals surface area contributed by atoms with Gasteiger partial charge in [0, 0.05) is 23.8 Å². The van der Waals surface area contributed by atoms with E-state index in [1.165, 1.54) is 5.56 Å². The van der Waals surface area contributed by atoms with Crippen LogP contribution in [0.2, 0.25) is 0 Å². The zero-order chi connectivity index (χ0) is 10.1. The summed E-state index contributed by atoms with van der Waals surface area (Å²) in [4.78, 5) is 0. The van der Waals surface area contributed by atoms with Gasteiger partial charge in [-0.05, 0) is 25.0 Å². The number of benzene rings is 1. The summed E-state index contributed by atoms with van der Waals surface area (Å²) in [6.07, 6.45) is 0.999. The Bertz CT molecular complexity index is 349. The first-order chi connectivity index (χ1) is 6.74. The second-order valence-electron chi connectivity index (χ2n) is 3.68. The predicted octanol–water partition coefficient (Wildman–Crippen LogP) is 1.82. The molecule has 1 aliphatic rings. The maximum Gasteiger partial charge on any atom is 0.123 e. The molecule has 1 aromatic rings. The Morgan fingerprint density at radius 3 is 3.00 bits per heavy atom. The van der Waals surface area contributed by atoms with E-state index in [0.717, 1.165) is 30.0 Å². The fourth-order valence-electron chi connectivity index (χ4n) is 1.99. The summed E-state index contributed by atoms with van der Waals surface area (Å²) in [5.74, 6) is 0.922. The zero-order valence-corrected chi connectivity index (χ0v) is 8.63. The highest BCUT2D eigenvalue weighted by atomic mass is 16.5. The largest absolute Gasteiger partial charge is 0.496 e. The summed E-state index contributed by atoms with van der Waals surface area (Å²) in [6, 6.07) is 4.20. The van der Waals surface area contributed by atoms with Crippen LogP contribution >= 0.6 is 0 Å². The Morgan fingerprint density at radius 1 is 1.50 bits per heavy atom. The normalized spacial score (nSPS) is 19.8. The molecule has 0 saturated heterocycles. The number of nitrogens with two attached hydrogens (primary N) is 1. The number of fused-ring (bicyclic) bond motifs is 1.